The van der Waals surface area contributed by atoms with Crippen molar-refractivity contribution in [2.75, 3.05) is 30.7 Å². The minimum Gasteiger partial charge on any atom is -0.492 e. The second-order valence-electron chi connectivity index (χ2n) is 9.97. The number of nitrogens with one attached hydrogen (secondary N) is 3. The van der Waals surface area contributed by atoms with Crippen LogP contribution in [0.15, 0.2) is 66.7 Å². The number of H-pyrrole nitrogens is 1. The number of aryl methyl sites for hydroxylation is 2. The first kappa shape index (κ1) is 27.1. The quantitative estimate of drug-likeness (QED) is 0.191. The van der Waals surface area contributed by atoms with E-state index >= 15 is 0 Å². The Kier molecular flexibility index (Phi) is 8.40. The predicted octanol–water partition coefficient (Wildman–Crippen LogP) is 4.70. The Balaban J connectivity index is 1.14. The number of hydrogen-bond donors (Lipinski definition) is 4. The van der Waals surface area contributed by atoms with E-state index in [9.17, 15) is 13.5 Å². The summed E-state index contributed by atoms with van der Waals surface area (Å²) in [6.07, 6.45) is 4.98. The zero-order valence-corrected chi connectivity index (χ0v) is 22.9. The highest BCUT2D eigenvalue weighted by Crippen LogP contribution is 2.32. The van der Waals surface area contributed by atoms with Crippen LogP contribution in [-0.4, -0.2) is 44.5 Å². The van der Waals surface area contributed by atoms with Gasteiger partial charge in [-0.3, -0.25) is 4.72 Å². The average molecular weight is 550 g/mol. The fraction of sp³-hybridized carbons (Fsp3) is 0.333. The van der Waals surface area contributed by atoms with Crippen LogP contribution in [0.1, 0.15) is 41.3 Å². The molecule has 0 bridgehead atoms. The molecule has 9 heteroatoms. The molecule has 0 saturated heterocycles. The van der Waals surface area contributed by atoms with E-state index in [1.165, 1.54) is 29.5 Å². The summed E-state index contributed by atoms with van der Waals surface area (Å²) in [6.45, 7) is 1.57. The van der Waals surface area contributed by atoms with E-state index < -0.39 is 16.1 Å². The molecule has 0 aliphatic heterocycles. The van der Waals surface area contributed by atoms with Gasteiger partial charge in [0.15, 0.2) is 0 Å². The van der Waals surface area contributed by atoms with Crippen molar-refractivity contribution < 1.29 is 23.0 Å². The van der Waals surface area contributed by atoms with Crippen LogP contribution in [0.2, 0.25) is 0 Å². The predicted molar refractivity (Wildman–Crippen MR) is 154 cm³/mol. The molecule has 39 heavy (non-hydrogen) atoms. The van der Waals surface area contributed by atoms with E-state index in [0.29, 0.717) is 31.1 Å². The van der Waals surface area contributed by atoms with Crippen LogP contribution in [0, 0.1) is 0 Å². The number of anilines is 1. The fourth-order valence-corrected chi connectivity index (χ4v) is 5.53. The Morgan fingerprint density at radius 2 is 1.82 bits per heavy atom. The molecule has 5 rings (SSSR count). The lowest BCUT2D eigenvalue weighted by molar-refractivity contribution is 0.172. The number of fused-ring (bicyclic) bond motifs is 3. The van der Waals surface area contributed by atoms with Gasteiger partial charge in [-0.15, -0.1) is 0 Å². The summed E-state index contributed by atoms with van der Waals surface area (Å²) in [6, 6.07) is 20.8. The first-order valence-electron chi connectivity index (χ1n) is 13.3. The maximum atomic E-state index is 11.9. The number of aliphatic hydroxyl groups excluding tert-OH is 1. The number of hydrogen-bond acceptors (Lipinski definition) is 6. The molecule has 1 atom stereocenters. The zero-order valence-electron chi connectivity index (χ0n) is 22.1. The third kappa shape index (κ3) is 7.11. The smallest absolute Gasteiger partial charge is 0.229 e. The average Bonchev–Trinajstić information content (AvgIpc) is 3.29. The summed E-state index contributed by atoms with van der Waals surface area (Å²) in [7, 11) is -3.54. The van der Waals surface area contributed by atoms with Crippen LogP contribution in [-0.2, 0) is 29.5 Å². The lowest BCUT2D eigenvalue weighted by atomic mass is 9.96. The second kappa shape index (κ2) is 12.1. The van der Waals surface area contributed by atoms with Gasteiger partial charge in [0.2, 0.25) is 10.0 Å². The van der Waals surface area contributed by atoms with Crippen molar-refractivity contribution in [3.05, 3.63) is 89.1 Å². The largest absolute Gasteiger partial charge is 0.492 e. The molecule has 0 spiro atoms. The van der Waals surface area contributed by atoms with Crippen LogP contribution in [0.25, 0.3) is 10.9 Å². The Morgan fingerprint density at radius 3 is 2.64 bits per heavy atom. The van der Waals surface area contributed by atoms with Gasteiger partial charge in [-0.1, -0.05) is 36.4 Å². The number of benzene rings is 3. The SMILES string of the molecule is CS(=O)(=O)Nc1cc([C@@H](O)CNCCOc2ccc3c4c([nH]c3c2)CCCC4)ccc1OCc1ccccc1. The van der Waals surface area contributed by atoms with Crippen molar-refractivity contribution >= 4 is 26.6 Å². The molecular weight excluding hydrogens is 514 g/mol. The molecule has 206 valence electrons. The summed E-state index contributed by atoms with van der Waals surface area (Å²) in [4.78, 5) is 3.55. The van der Waals surface area contributed by atoms with E-state index in [-0.39, 0.29) is 12.2 Å². The molecular formula is C30H35N3O5S. The van der Waals surface area contributed by atoms with E-state index in [0.717, 1.165) is 35.9 Å². The third-order valence-corrected chi connectivity index (χ3v) is 7.47. The van der Waals surface area contributed by atoms with Crippen LogP contribution in [0.5, 0.6) is 11.5 Å². The lowest BCUT2D eigenvalue weighted by Gasteiger charge is -2.17. The summed E-state index contributed by atoms with van der Waals surface area (Å²) < 4.78 is 38.2. The third-order valence-electron chi connectivity index (χ3n) is 6.88. The van der Waals surface area contributed by atoms with Gasteiger partial charge in [0.1, 0.15) is 24.7 Å². The topological polar surface area (TPSA) is 113 Å². The van der Waals surface area contributed by atoms with Crippen LogP contribution in [0.3, 0.4) is 0 Å². The lowest BCUT2D eigenvalue weighted by Crippen LogP contribution is -2.26. The van der Waals surface area contributed by atoms with Crippen LogP contribution in [0.4, 0.5) is 5.69 Å². The second-order valence-corrected chi connectivity index (χ2v) is 11.7. The summed E-state index contributed by atoms with van der Waals surface area (Å²) in [5, 5.41) is 15.2. The molecule has 0 amide bonds. The molecule has 1 heterocycles. The van der Waals surface area contributed by atoms with Crippen molar-refractivity contribution in [3.63, 3.8) is 0 Å². The van der Waals surface area contributed by atoms with Gasteiger partial charge in [-0.05, 0) is 66.6 Å². The maximum Gasteiger partial charge on any atom is 0.229 e. The zero-order chi connectivity index (χ0) is 27.2. The van der Waals surface area contributed by atoms with Gasteiger partial charge in [0, 0.05) is 35.8 Å². The minimum absolute atomic E-state index is 0.286. The molecule has 0 unspecified atom stereocenters. The highest BCUT2D eigenvalue weighted by molar-refractivity contribution is 7.92. The number of rotatable bonds is 12. The molecule has 0 radical (unpaired) electrons. The molecule has 1 aliphatic carbocycles. The standard InChI is InChI=1S/C30H35N3O5S/c1-39(35,36)33-28-17-22(11-14-30(28)38-20-21-7-3-2-4-8-21)29(34)19-31-15-16-37-23-12-13-25-24-9-5-6-10-26(24)32-27(25)18-23/h2-4,7-8,11-14,17-18,29,31-34H,5-6,9-10,15-16,19-20H2,1H3/t29-/m0/s1. The van der Waals surface area contributed by atoms with Crippen molar-refractivity contribution in [2.45, 2.75) is 38.4 Å². The molecule has 0 fully saturated rings. The summed E-state index contributed by atoms with van der Waals surface area (Å²) in [5.41, 5.74) is 5.75. The first-order valence-corrected chi connectivity index (χ1v) is 15.2. The molecule has 3 aromatic carbocycles. The summed E-state index contributed by atoms with van der Waals surface area (Å²) >= 11 is 0. The van der Waals surface area contributed by atoms with E-state index in [2.05, 4.69) is 27.2 Å². The van der Waals surface area contributed by atoms with Crippen molar-refractivity contribution in [1.82, 2.24) is 10.3 Å². The van der Waals surface area contributed by atoms with Gasteiger partial charge >= 0.3 is 0 Å². The molecule has 4 aromatic rings. The summed E-state index contributed by atoms with van der Waals surface area (Å²) in [5.74, 6) is 1.20. The normalized spacial score (nSPS) is 14.1. The maximum absolute atomic E-state index is 11.9. The molecule has 0 saturated carbocycles. The van der Waals surface area contributed by atoms with Crippen molar-refractivity contribution in [3.8, 4) is 11.5 Å². The first-order chi connectivity index (χ1) is 18.9. The molecule has 1 aliphatic rings. The number of aliphatic hydroxyl groups is 1. The van der Waals surface area contributed by atoms with Crippen LogP contribution >= 0.6 is 0 Å². The Bertz CT molecular complexity index is 1520. The van der Waals surface area contributed by atoms with Gasteiger partial charge < -0.3 is 24.9 Å². The highest BCUT2D eigenvalue weighted by Gasteiger charge is 2.16. The van der Waals surface area contributed by atoms with Gasteiger partial charge in [0.25, 0.3) is 0 Å². The van der Waals surface area contributed by atoms with Gasteiger partial charge in [0.05, 0.1) is 18.0 Å². The van der Waals surface area contributed by atoms with Gasteiger partial charge in [-0.2, -0.15) is 0 Å². The van der Waals surface area contributed by atoms with E-state index in [1.807, 2.05) is 36.4 Å². The van der Waals surface area contributed by atoms with Crippen molar-refractivity contribution in [1.29, 1.82) is 0 Å². The number of aromatic nitrogens is 1. The molecule has 1 aromatic heterocycles. The Hall–Kier alpha value is -3.53. The van der Waals surface area contributed by atoms with Gasteiger partial charge in [-0.25, -0.2) is 8.42 Å². The highest BCUT2D eigenvalue weighted by atomic mass is 32.2. The number of sulfonamides is 1. The molecule has 4 N–H and O–H groups in total. The number of aromatic amines is 1. The Labute approximate surface area is 229 Å². The van der Waals surface area contributed by atoms with Crippen LogP contribution < -0.4 is 19.5 Å². The van der Waals surface area contributed by atoms with E-state index in [1.54, 1.807) is 18.2 Å². The molecule has 8 nitrogen and oxygen atoms in total. The Morgan fingerprint density at radius 1 is 1.00 bits per heavy atom. The fourth-order valence-electron chi connectivity index (χ4n) is 4.98. The van der Waals surface area contributed by atoms with Crippen molar-refractivity contribution in [2.24, 2.45) is 0 Å². The monoisotopic (exact) mass is 549 g/mol. The minimum atomic E-state index is -3.54. The van der Waals surface area contributed by atoms with E-state index in [4.69, 9.17) is 9.47 Å². The number of ether oxygens (including phenoxy) is 2.